The van der Waals surface area contributed by atoms with E-state index in [4.69, 9.17) is 14.2 Å². The maximum absolute atomic E-state index is 12.3. The summed E-state index contributed by atoms with van der Waals surface area (Å²) < 4.78 is 16.1. The molecule has 25 heavy (non-hydrogen) atoms. The van der Waals surface area contributed by atoms with Crippen molar-refractivity contribution in [1.82, 2.24) is 5.32 Å². The van der Waals surface area contributed by atoms with Gasteiger partial charge in [-0.25, -0.2) is 0 Å². The van der Waals surface area contributed by atoms with Crippen LogP contribution in [0.4, 0.5) is 0 Å². The van der Waals surface area contributed by atoms with Crippen LogP contribution in [0, 0.1) is 6.92 Å². The summed E-state index contributed by atoms with van der Waals surface area (Å²) in [5, 5.41) is 3.01. The number of carbonyl (C=O) groups excluding carboxylic acids is 1. The highest BCUT2D eigenvalue weighted by molar-refractivity contribution is 5.79. The van der Waals surface area contributed by atoms with Crippen LogP contribution < -0.4 is 19.5 Å². The summed E-state index contributed by atoms with van der Waals surface area (Å²) in [5.74, 6) is 1.63. The number of nitrogens with one attached hydrogen (secondary N) is 1. The van der Waals surface area contributed by atoms with Crippen LogP contribution in [0.2, 0.25) is 0 Å². The molecule has 1 atom stereocenters. The van der Waals surface area contributed by atoms with Gasteiger partial charge >= 0.3 is 0 Å². The summed E-state index contributed by atoms with van der Waals surface area (Å²) >= 11 is 0. The van der Waals surface area contributed by atoms with Crippen LogP contribution in [0.1, 0.15) is 29.7 Å². The first-order valence-corrected chi connectivity index (χ1v) is 8.13. The first-order valence-electron chi connectivity index (χ1n) is 8.13. The molecule has 5 nitrogen and oxygen atoms in total. The van der Waals surface area contributed by atoms with E-state index in [-0.39, 0.29) is 11.9 Å². The van der Waals surface area contributed by atoms with Crippen LogP contribution in [0.15, 0.2) is 36.4 Å². The number of carbonyl (C=O) groups is 1. The number of amides is 1. The van der Waals surface area contributed by atoms with Crippen LogP contribution in [0.5, 0.6) is 17.2 Å². The molecule has 134 valence electrons. The number of hydrogen-bond acceptors (Lipinski definition) is 4. The lowest BCUT2D eigenvalue weighted by Gasteiger charge is -2.19. The van der Waals surface area contributed by atoms with Gasteiger partial charge in [0.1, 0.15) is 0 Å². The number of benzene rings is 2. The highest BCUT2D eigenvalue weighted by atomic mass is 16.5. The van der Waals surface area contributed by atoms with Crippen molar-refractivity contribution in [1.29, 1.82) is 0 Å². The first-order chi connectivity index (χ1) is 12.0. The Hall–Kier alpha value is -2.69. The smallest absolute Gasteiger partial charge is 0.224 e. The fraction of sp³-hybridized carbons (Fsp3) is 0.350. The normalized spacial score (nSPS) is 11.6. The van der Waals surface area contributed by atoms with Crippen molar-refractivity contribution in [2.45, 2.75) is 26.3 Å². The molecule has 0 aromatic heterocycles. The minimum atomic E-state index is -0.189. The van der Waals surface area contributed by atoms with E-state index in [1.807, 2.05) is 50.2 Å². The lowest BCUT2D eigenvalue weighted by atomic mass is 10.1. The number of rotatable bonds is 7. The molecule has 5 heteroatoms. The Labute approximate surface area is 148 Å². The van der Waals surface area contributed by atoms with Crippen LogP contribution in [-0.4, -0.2) is 27.2 Å². The summed E-state index contributed by atoms with van der Waals surface area (Å²) in [6, 6.07) is 11.4. The van der Waals surface area contributed by atoms with Crippen LogP contribution >= 0.6 is 0 Å². The minimum absolute atomic E-state index is 0.0353. The Balaban J connectivity index is 2.14. The molecule has 0 saturated heterocycles. The molecular weight excluding hydrogens is 318 g/mol. The van der Waals surface area contributed by atoms with Crippen LogP contribution in [0.25, 0.3) is 0 Å². The first kappa shape index (κ1) is 18.6. The Kier molecular flexibility index (Phi) is 6.28. The second kappa shape index (κ2) is 8.42. The van der Waals surface area contributed by atoms with Crippen LogP contribution in [-0.2, 0) is 11.2 Å². The quantitative estimate of drug-likeness (QED) is 0.837. The fourth-order valence-electron chi connectivity index (χ4n) is 2.73. The molecule has 2 aromatic rings. The standard InChI is InChI=1S/C20H25NO4/c1-13-7-6-8-15(9-13)10-19(22)21-14(2)16-11-17(23-3)20(25-5)18(12-16)24-4/h6-9,11-12,14H,10H2,1-5H3,(H,21,22). The lowest BCUT2D eigenvalue weighted by Crippen LogP contribution is -2.28. The van der Waals surface area contributed by atoms with Gasteiger partial charge in [-0.05, 0) is 37.1 Å². The van der Waals surface area contributed by atoms with E-state index in [2.05, 4.69) is 5.32 Å². The van der Waals surface area contributed by atoms with Gasteiger partial charge in [-0.15, -0.1) is 0 Å². The van der Waals surface area contributed by atoms with Crippen molar-refractivity contribution in [3.63, 3.8) is 0 Å². The zero-order chi connectivity index (χ0) is 18.4. The van der Waals surface area contributed by atoms with Crippen molar-refractivity contribution < 1.29 is 19.0 Å². The van der Waals surface area contributed by atoms with Gasteiger partial charge in [-0.1, -0.05) is 29.8 Å². The van der Waals surface area contributed by atoms with Gasteiger partial charge in [0.05, 0.1) is 33.8 Å². The Morgan fingerprint density at radius 1 is 1.04 bits per heavy atom. The molecule has 0 saturated carbocycles. The van der Waals surface area contributed by atoms with Gasteiger partial charge in [-0.2, -0.15) is 0 Å². The van der Waals surface area contributed by atoms with Gasteiger partial charge < -0.3 is 19.5 Å². The molecule has 0 aliphatic carbocycles. The number of ether oxygens (including phenoxy) is 3. The fourth-order valence-corrected chi connectivity index (χ4v) is 2.73. The lowest BCUT2D eigenvalue weighted by molar-refractivity contribution is -0.121. The predicted molar refractivity (Wildman–Crippen MR) is 97.5 cm³/mol. The van der Waals surface area contributed by atoms with Crippen molar-refractivity contribution in [3.8, 4) is 17.2 Å². The van der Waals surface area contributed by atoms with E-state index < -0.39 is 0 Å². The third kappa shape index (κ3) is 4.66. The van der Waals surface area contributed by atoms with Gasteiger partial charge in [-0.3, -0.25) is 4.79 Å². The molecule has 0 aliphatic heterocycles. The largest absolute Gasteiger partial charge is 0.493 e. The Bertz CT molecular complexity index is 717. The third-order valence-electron chi connectivity index (χ3n) is 4.01. The van der Waals surface area contributed by atoms with Crippen molar-refractivity contribution in [2.75, 3.05) is 21.3 Å². The zero-order valence-corrected chi connectivity index (χ0v) is 15.4. The van der Waals surface area contributed by atoms with Crippen LogP contribution in [0.3, 0.4) is 0 Å². The monoisotopic (exact) mass is 343 g/mol. The maximum atomic E-state index is 12.3. The molecule has 1 unspecified atom stereocenters. The topological polar surface area (TPSA) is 56.8 Å². The van der Waals surface area contributed by atoms with Crippen molar-refractivity contribution >= 4 is 5.91 Å². The summed E-state index contributed by atoms with van der Waals surface area (Å²) in [4.78, 5) is 12.3. The van der Waals surface area contributed by atoms with E-state index in [1.165, 1.54) is 0 Å². The molecule has 0 heterocycles. The summed E-state index contributed by atoms with van der Waals surface area (Å²) in [6.45, 7) is 3.94. The molecule has 0 aliphatic rings. The zero-order valence-electron chi connectivity index (χ0n) is 15.4. The molecule has 2 rings (SSSR count). The maximum Gasteiger partial charge on any atom is 0.224 e. The van der Waals surface area contributed by atoms with E-state index >= 15 is 0 Å². The highest BCUT2D eigenvalue weighted by Gasteiger charge is 2.17. The van der Waals surface area contributed by atoms with E-state index in [0.717, 1.165) is 16.7 Å². The Morgan fingerprint density at radius 3 is 2.20 bits per heavy atom. The van der Waals surface area contributed by atoms with Gasteiger partial charge in [0, 0.05) is 0 Å². The summed E-state index contributed by atoms with van der Waals surface area (Å²) in [5.41, 5.74) is 3.02. The summed E-state index contributed by atoms with van der Waals surface area (Å²) in [6.07, 6.45) is 0.344. The second-order valence-electron chi connectivity index (χ2n) is 5.91. The van der Waals surface area contributed by atoms with Gasteiger partial charge in [0.2, 0.25) is 11.7 Å². The van der Waals surface area contributed by atoms with Crippen molar-refractivity contribution in [2.24, 2.45) is 0 Å². The third-order valence-corrected chi connectivity index (χ3v) is 4.01. The molecule has 0 radical (unpaired) electrons. The SMILES string of the molecule is COc1cc(C(C)NC(=O)Cc2cccc(C)c2)cc(OC)c1OC. The average Bonchev–Trinajstić information content (AvgIpc) is 2.60. The van der Waals surface area contributed by atoms with Crippen molar-refractivity contribution in [3.05, 3.63) is 53.1 Å². The summed E-state index contributed by atoms with van der Waals surface area (Å²) in [7, 11) is 4.71. The molecular formula is C20H25NO4. The van der Waals surface area contributed by atoms with E-state index in [0.29, 0.717) is 23.7 Å². The van der Waals surface area contributed by atoms with E-state index in [9.17, 15) is 4.79 Å². The van der Waals surface area contributed by atoms with Gasteiger partial charge in [0.15, 0.2) is 11.5 Å². The van der Waals surface area contributed by atoms with E-state index in [1.54, 1.807) is 21.3 Å². The minimum Gasteiger partial charge on any atom is -0.493 e. The molecule has 1 amide bonds. The predicted octanol–water partition coefficient (Wildman–Crippen LogP) is 3.44. The molecule has 0 spiro atoms. The number of aryl methyl sites for hydroxylation is 1. The number of hydrogen-bond donors (Lipinski definition) is 1. The second-order valence-corrected chi connectivity index (χ2v) is 5.91. The Morgan fingerprint density at radius 2 is 1.68 bits per heavy atom. The molecule has 2 aromatic carbocycles. The van der Waals surface area contributed by atoms with Gasteiger partial charge in [0.25, 0.3) is 0 Å². The molecule has 1 N–H and O–H groups in total. The molecule has 0 bridgehead atoms. The molecule has 0 fully saturated rings. The average molecular weight is 343 g/mol. The highest BCUT2D eigenvalue weighted by Crippen LogP contribution is 2.39. The number of methoxy groups -OCH3 is 3.